The lowest BCUT2D eigenvalue weighted by Crippen LogP contribution is -2.02. The second-order valence-corrected chi connectivity index (χ2v) is 3.15. The van der Waals surface area contributed by atoms with Gasteiger partial charge in [-0.1, -0.05) is 0 Å². The fourth-order valence-corrected chi connectivity index (χ4v) is 1.68. The second-order valence-electron chi connectivity index (χ2n) is 3.15. The van der Waals surface area contributed by atoms with Gasteiger partial charge >= 0.3 is 0 Å². The van der Waals surface area contributed by atoms with Gasteiger partial charge in [-0.15, -0.1) is 0 Å². The molecule has 3 heterocycles. The first kappa shape index (κ1) is 7.49. The molecule has 2 aromatic rings. The average molecular weight is 187 g/mol. The molecule has 14 heavy (non-hydrogen) atoms. The largest absolute Gasteiger partial charge is 0.369 e. The van der Waals surface area contributed by atoms with Crippen LogP contribution in [0.4, 0.5) is 5.82 Å². The van der Waals surface area contributed by atoms with E-state index in [4.69, 9.17) is 0 Å². The summed E-state index contributed by atoms with van der Waals surface area (Å²) in [4.78, 5) is 8.41. The Hall–Kier alpha value is -1.91. The Morgan fingerprint density at radius 2 is 2.36 bits per heavy atom. The molecule has 1 aliphatic heterocycles. The molecule has 1 N–H and O–H groups in total. The van der Waals surface area contributed by atoms with Gasteiger partial charge < -0.3 is 5.32 Å². The molecule has 0 unspecified atom stereocenters. The molecule has 5 heteroatoms. The van der Waals surface area contributed by atoms with Gasteiger partial charge in [0.15, 0.2) is 5.82 Å². The molecular formula is C9H9N5. The minimum atomic E-state index is 0.880. The van der Waals surface area contributed by atoms with Gasteiger partial charge in [-0.3, -0.25) is 0 Å². The van der Waals surface area contributed by atoms with Crippen molar-refractivity contribution in [2.24, 2.45) is 0 Å². The number of nitrogens with zero attached hydrogens (tertiary/aromatic N) is 4. The van der Waals surface area contributed by atoms with Crippen molar-refractivity contribution < 1.29 is 0 Å². The maximum Gasteiger partial charge on any atom is 0.162 e. The van der Waals surface area contributed by atoms with E-state index in [1.54, 1.807) is 17.2 Å². The Balaban J connectivity index is 2.20. The van der Waals surface area contributed by atoms with E-state index in [-0.39, 0.29) is 0 Å². The lowest BCUT2D eigenvalue weighted by Gasteiger charge is -2.04. The standard InChI is InChI=1S/C9H9N5/c1-3-13-14(5-1)9-7-2-4-10-8(7)11-6-12-9/h1,3,5-6H,2,4H2,(H,10,11,12). The Labute approximate surface area is 80.8 Å². The summed E-state index contributed by atoms with van der Waals surface area (Å²) >= 11 is 0. The van der Waals surface area contributed by atoms with Crippen LogP contribution in [0.3, 0.4) is 0 Å². The fourth-order valence-electron chi connectivity index (χ4n) is 1.68. The van der Waals surface area contributed by atoms with E-state index in [0.717, 1.165) is 30.2 Å². The summed E-state index contributed by atoms with van der Waals surface area (Å²) in [5, 5.41) is 7.37. The van der Waals surface area contributed by atoms with Crippen LogP contribution >= 0.6 is 0 Å². The van der Waals surface area contributed by atoms with E-state index in [1.807, 2.05) is 12.3 Å². The first-order chi connectivity index (χ1) is 6.95. The Morgan fingerprint density at radius 1 is 1.36 bits per heavy atom. The zero-order chi connectivity index (χ0) is 9.38. The molecule has 5 nitrogen and oxygen atoms in total. The minimum Gasteiger partial charge on any atom is -0.369 e. The highest BCUT2D eigenvalue weighted by atomic mass is 15.3. The molecule has 0 saturated carbocycles. The average Bonchev–Trinajstić information content (AvgIpc) is 2.88. The van der Waals surface area contributed by atoms with Crippen molar-refractivity contribution in [3.05, 3.63) is 30.4 Å². The van der Waals surface area contributed by atoms with Gasteiger partial charge in [0.25, 0.3) is 0 Å². The summed E-state index contributed by atoms with van der Waals surface area (Å²) in [5.41, 5.74) is 1.15. The van der Waals surface area contributed by atoms with Gasteiger partial charge in [0.2, 0.25) is 0 Å². The minimum absolute atomic E-state index is 0.880. The maximum atomic E-state index is 4.24. The van der Waals surface area contributed by atoms with E-state index >= 15 is 0 Å². The monoisotopic (exact) mass is 187 g/mol. The van der Waals surface area contributed by atoms with Crippen LogP contribution in [-0.4, -0.2) is 26.3 Å². The van der Waals surface area contributed by atoms with Gasteiger partial charge in [-0.05, 0) is 12.5 Å². The molecule has 0 aromatic carbocycles. The number of rotatable bonds is 1. The van der Waals surface area contributed by atoms with E-state index < -0.39 is 0 Å². The van der Waals surface area contributed by atoms with Crippen LogP contribution in [-0.2, 0) is 6.42 Å². The maximum absolute atomic E-state index is 4.24. The van der Waals surface area contributed by atoms with Crippen molar-refractivity contribution in [1.29, 1.82) is 0 Å². The van der Waals surface area contributed by atoms with Crippen molar-refractivity contribution in [1.82, 2.24) is 19.7 Å². The third kappa shape index (κ3) is 0.985. The molecule has 0 fully saturated rings. The summed E-state index contributed by atoms with van der Waals surface area (Å²) in [7, 11) is 0. The summed E-state index contributed by atoms with van der Waals surface area (Å²) in [6.07, 6.45) is 6.16. The van der Waals surface area contributed by atoms with E-state index in [2.05, 4.69) is 20.4 Å². The lowest BCUT2D eigenvalue weighted by molar-refractivity contribution is 0.826. The molecule has 0 aliphatic carbocycles. The number of nitrogens with one attached hydrogen (secondary N) is 1. The predicted octanol–water partition coefficient (Wildman–Crippen LogP) is 0.630. The van der Waals surface area contributed by atoms with Crippen molar-refractivity contribution in [2.75, 3.05) is 11.9 Å². The van der Waals surface area contributed by atoms with Crippen molar-refractivity contribution in [3.8, 4) is 5.82 Å². The number of hydrogen-bond donors (Lipinski definition) is 1. The van der Waals surface area contributed by atoms with Crippen LogP contribution in [0.5, 0.6) is 0 Å². The highest BCUT2D eigenvalue weighted by Crippen LogP contribution is 2.23. The molecule has 0 amide bonds. The predicted molar refractivity (Wildman–Crippen MR) is 51.3 cm³/mol. The number of aromatic nitrogens is 4. The molecule has 3 rings (SSSR count). The molecule has 2 aromatic heterocycles. The van der Waals surface area contributed by atoms with Gasteiger partial charge in [-0.2, -0.15) is 5.10 Å². The Bertz CT molecular complexity index is 448. The van der Waals surface area contributed by atoms with Crippen LogP contribution in [0.1, 0.15) is 5.56 Å². The molecule has 0 radical (unpaired) electrons. The van der Waals surface area contributed by atoms with Crippen molar-refractivity contribution in [3.63, 3.8) is 0 Å². The van der Waals surface area contributed by atoms with Crippen LogP contribution in [0.2, 0.25) is 0 Å². The van der Waals surface area contributed by atoms with E-state index in [0.29, 0.717) is 0 Å². The van der Waals surface area contributed by atoms with Crippen LogP contribution in [0.25, 0.3) is 5.82 Å². The van der Waals surface area contributed by atoms with Crippen LogP contribution in [0.15, 0.2) is 24.8 Å². The third-order valence-electron chi connectivity index (χ3n) is 2.31. The van der Waals surface area contributed by atoms with Gasteiger partial charge in [0.05, 0.1) is 0 Å². The molecule has 70 valence electrons. The van der Waals surface area contributed by atoms with Gasteiger partial charge in [-0.25, -0.2) is 14.6 Å². The summed E-state index contributed by atoms with van der Waals surface area (Å²) in [6.45, 7) is 0.933. The molecule has 1 aliphatic rings. The smallest absolute Gasteiger partial charge is 0.162 e. The van der Waals surface area contributed by atoms with E-state index in [1.165, 1.54) is 0 Å². The highest BCUT2D eigenvalue weighted by molar-refractivity contribution is 5.55. The number of hydrogen-bond acceptors (Lipinski definition) is 4. The Morgan fingerprint density at radius 3 is 3.21 bits per heavy atom. The van der Waals surface area contributed by atoms with Crippen LogP contribution in [0, 0.1) is 0 Å². The lowest BCUT2D eigenvalue weighted by atomic mass is 10.2. The summed E-state index contributed by atoms with van der Waals surface area (Å²) in [6, 6.07) is 1.89. The normalized spacial score (nSPS) is 13.7. The van der Waals surface area contributed by atoms with Crippen molar-refractivity contribution >= 4 is 5.82 Å². The second kappa shape index (κ2) is 2.80. The fraction of sp³-hybridized carbons (Fsp3) is 0.222. The molecular weight excluding hydrogens is 178 g/mol. The molecule has 0 saturated heterocycles. The molecule has 0 atom stereocenters. The topological polar surface area (TPSA) is 55.6 Å². The Kier molecular flexibility index (Phi) is 1.50. The van der Waals surface area contributed by atoms with Crippen LogP contribution < -0.4 is 5.32 Å². The molecule has 0 spiro atoms. The quantitative estimate of drug-likeness (QED) is 0.711. The van der Waals surface area contributed by atoms with Gasteiger partial charge in [0, 0.05) is 24.5 Å². The highest BCUT2D eigenvalue weighted by Gasteiger charge is 2.17. The van der Waals surface area contributed by atoms with Gasteiger partial charge in [0.1, 0.15) is 12.1 Å². The van der Waals surface area contributed by atoms with Crippen molar-refractivity contribution in [2.45, 2.75) is 6.42 Å². The zero-order valence-corrected chi connectivity index (χ0v) is 7.51. The number of anilines is 1. The summed E-state index contributed by atoms with van der Waals surface area (Å²) < 4.78 is 1.77. The zero-order valence-electron chi connectivity index (χ0n) is 7.51. The summed E-state index contributed by atoms with van der Waals surface area (Å²) in [5.74, 6) is 1.82. The first-order valence-corrected chi connectivity index (χ1v) is 4.53. The SMILES string of the molecule is c1cnn(-c2ncnc3c2CCN3)c1. The molecule has 0 bridgehead atoms. The van der Waals surface area contributed by atoms with E-state index in [9.17, 15) is 0 Å². The third-order valence-corrected chi connectivity index (χ3v) is 2.31. The number of fused-ring (bicyclic) bond motifs is 1. The first-order valence-electron chi connectivity index (χ1n) is 4.53.